The summed E-state index contributed by atoms with van der Waals surface area (Å²) in [4.78, 5) is 14.7. The second-order valence-corrected chi connectivity index (χ2v) is 5.31. The van der Waals surface area contributed by atoms with Crippen molar-refractivity contribution in [2.24, 2.45) is 5.92 Å². The van der Waals surface area contributed by atoms with Crippen LogP contribution in [0, 0.1) is 5.92 Å². The Morgan fingerprint density at radius 2 is 2.04 bits per heavy atom. The molecule has 2 unspecified atom stereocenters. The fourth-order valence-electron chi connectivity index (χ4n) is 2.01. The third kappa shape index (κ3) is 4.41. The molecule has 1 aliphatic rings. The number of ether oxygens (including phenoxy) is 1. The first-order chi connectivity index (χ1) is 11.8. The number of halogens is 4. The number of rotatable bonds is 4. The van der Waals surface area contributed by atoms with Gasteiger partial charge < -0.3 is 9.84 Å². The zero-order valence-electron chi connectivity index (χ0n) is 13.3. The van der Waals surface area contributed by atoms with E-state index in [4.69, 9.17) is 21.4 Å². The molecule has 3 rings (SSSR count). The highest BCUT2D eigenvalue weighted by molar-refractivity contribution is 6.32. The van der Waals surface area contributed by atoms with Gasteiger partial charge in [0.2, 0.25) is 5.88 Å². The Labute approximate surface area is 146 Å². The molecule has 1 N–H and O–H groups in total. The quantitative estimate of drug-likeness (QED) is 0.816. The van der Waals surface area contributed by atoms with E-state index in [0.717, 1.165) is 0 Å². The van der Waals surface area contributed by atoms with E-state index in [9.17, 15) is 18.0 Å². The van der Waals surface area contributed by atoms with E-state index >= 15 is 0 Å². The normalized spacial score (nSPS) is 19.0. The van der Waals surface area contributed by atoms with Crippen molar-refractivity contribution in [3.8, 4) is 11.7 Å². The number of hydrogen-bond donors (Lipinski definition) is 1. The number of aromatic nitrogens is 3. The van der Waals surface area contributed by atoms with Crippen LogP contribution in [0.15, 0.2) is 24.4 Å². The topological polar surface area (TPSA) is 77.2 Å². The van der Waals surface area contributed by atoms with Crippen LogP contribution >= 0.6 is 11.6 Å². The summed E-state index contributed by atoms with van der Waals surface area (Å²) in [5.41, 5.74) is -0.162. The molecule has 2 atom stereocenters. The highest BCUT2D eigenvalue weighted by Gasteiger charge is 2.57. The number of pyridine rings is 1. The van der Waals surface area contributed by atoms with Crippen LogP contribution in [0.5, 0.6) is 5.88 Å². The van der Waals surface area contributed by atoms with Crippen LogP contribution in [0.3, 0.4) is 0 Å². The molecule has 2 aromatic rings. The van der Waals surface area contributed by atoms with Crippen molar-refractivity contribution in [2.45, 2.75) is 32.5 Å². The van der Waals surface area contributed by atoms with Gasteiger partial charge in [0, 0.05) is 12.3 Å². The lowest BCUT2D eigenvalue weighted by Crippen LogP contribution is -2.16. The van der Waals surface area contributed by atoms with Crippen LogP contribution in [0.25, 0.3) is 5.82 Å². The van der Waals surface area contributed by atoms with E-state index in [1.54, 1.807) is 0 Å². The Bertz CT molecular complexity index is 764. The predicted octanol–water partition coefficient (Wildman–Crippen LogP) is 3.97. The first-order valence-corrected chi connectivity index (χ1v) is 7.83. The molecular formula is C15H15ClF3N3O3. The zero-order chi connectivity index (χ0) is 18.8. The van der Waals surface area contributed by atoms with E-state index in [1.165, 1.54) is 29.1 Å². The minimum Gasteiger partial charge on any atom is -0.478 e. The van der Waals surface area contributed by atoms with E-state index in [0.29, 0.717) is 0 Å². The van der Waals surface area contributed by atoms with Crippen LogP contribution in [0.2, 0.25) is 5.15 Å². The van der Waals surface area contributed by atoms with E-state index < -0.39 is 24.2 Å². The van der Waals surface area contributed by atoms with E-state index in [1.807, 2.05) is 13.8 Å². The molecule has 0 aromatic carbocycles. The summed E-state index contributed by atoms with van der Waals surface area (Å²) in [7, 11) is 0. The van der Waals surface area contributed by atoms with Gasteiger partial charge in [-0.15, -0.1) is 5.10 Å². The van der Waals surface area contributed by atoms with Gasteiger partial charge in [0.1, 0.15) is 11.3 Å². The molecule has 0 radical (unpaired) electrons. The Morgan fingerprint density at radius 1 is 1.36 bits per heavy atom. The fourth-order valence-corrected chi connectivity index (χ4v) is 2.24. The molecule has 6 nitrogen and oxygen atoms in total. The van der Waals surface area contributed by atoms with Gasteiger partial charge in [-0.1, -0.05) is 25.4 Å². The molecule has 0 spiro atoms. The molecule has 25 heavy (non-hydrogen) atoms. The maximum atomic E-state index is 12.4. The summed E-state index contributed by atoms with van der Waals surface area (Å²) < 4.78 is 43.7. The molecule has 0 saturated heterocycles. The number of alkyl halides is 3. The average molecular weight is 378 g/mol. The minimum absolute atomic E-state index is 0.0296. The highest BCUT2D eigenvalue weighted by atomic mass is 35.5. The van der Waals surface area contributed by atoms with Gasteiger partial charge in [0.05, 0.1) is 11.5 Å². The molecule has 0 aliphatic heterocycles. The van der Waals surface area contributed by atoms with Crippen LogP contribution in [0.1, 0.15) is 30.6 Å². The van der Waals surface area contributed by atoms with Gasteiger partial charge in [-0.25, -0.2) is 14.5 Å². The molecular weight excluding hydrogens is 363 g/mol. The second kappa shape index (κ2) is 7.30. The first-order valence-electron chi connectivity index (χ1n) is 7.45. The Balaban J connectivity index is 0.00000109. The third-order valence-electron chi connectivity index (χ3n) is 3.29. The van der Waals surface area contributed by atoms with Crippen molar-refractivity contribution in [3.05, 3.63) is 35.1 Å². The minimum atomic E-state index is -4.27. The molecule has 136 valence electrons. The van der Waals surface area contributed by atoms with Crippen LogP contribution in [-0.2, 0) is 0 Å². The van der Waals surface area contributed by atoms with Crippen molar-refractivity contribution in [3.63, 3.8) is 0 Å². The number of hydrogen-bond acceptors (Lipinski definition) is 4. The Hall–Kier alpha value is -2.29. The van der Waals surface area contributed by atoms with Crippen molar-refractivity contribution in [1.82, 2.24) is 14.8 Å². The van der Waals surface area contributed by atoms with Crippen molar-refractivity contribution < 1.29 is 27.8 Å². The second-order valence-electron chi connectivity index (χ2n) is 4.95. The van der Waals surface area contributed by atoms with Crippen molar-refractivity contribution in [1.29, 1.82) is 0 Å². The number of carboxylic acids is 1. The number of nitrogens with zero attached hydrogens (tertiary/aromatic N) is 3. The number of aromatic carboxylic acids is 1. The SMILES string of the molecule is CC.O=C(O)c1ccc(-n2ccc(OC3CC3C(F)(F)F)n2)nc1Cl. The smallest absolute Gasteiger partial charge is 0.395 e. The van der Waals surface area contributed by atoms with Gasteiger partial charge in [-0.3, -0.25) is 0 Å². The predicted molar refractivity (Wildman–Crippen MR) is 83.3 cm³/mol. The first kappa shape index (κ1) is 19.0. The van der Waals surface area contributed by atoms with Gasteiger partial charge in [-0.05, 0) is 18.6 Å². The van der Waals surface area contributed by atoms with Crippen molar-refractivity contribution >= 4 is 17.6 Å². The van der Waals surface area contributed by atoms with Gasteiger partial charge in [0.25, 0.3) is 0 Å². The summed E-state index contributed by atoms with van der Waals surface area (Å²) in [6.45, 7) is 4.00. The van der Waals surface area contributed by atoms with Crippen molar-refractivity contribution in [2.75, 3.05) is 0 Å². The molecule has 2 aromatic heterocycles. The molecule has 10 heteroatoms. The Kier molecular flexibility index (Phi) is 5.56. The maximum Gasteiger partial charge on any atom is 0.395 e. The van der Waals surface area contributed by atoms with Crippen LogP contribution in [-0.4, -0.2) is 38.1 Å². The lowest BCUT2D eigenvalue weighted by atomic mass is 10.3. The monoisotopic (exact) mass is 377 g/mol. The average Bonchev–Trinajstić information content (AvgIpc) is 3.17. The molecule has 1 aliphatic carbocycles. The summed E-state index contributed by atoms with van der Waals surface area (Å²) in [5, 5.41) is 12.6. The maximum absolute atomic E-state index is 12.4. The highest BCUT2D eigenvalue weighted by Crippen LogP contribution is 2.46. The zero-order valence-corrected chi connectivity index (χ0v) is 14.0. The van der Waals surface area contributed by atoms with Gasteiger partial charge >= 0.3 is 12.1 Å². The largest absolute Gasteiger partial charge is 0.478 e. The molecule has 2 heterocycles. The molecule has 0 bridgehead atoms. The summed E-state index contributed by atoms with van der Waals surface area (Å²) >= 11 is 5.76. The Morgan fingerprint density at radius 3 is 2.56 bits per heavy atom. The van der Waals surface area contributed by atoms with Crippen LogP contribution in [0.4, 0.5) is 13.2 Å². The van der Waals surface area contributed by atoms with Gasteiger partial charge in [0.15, 0.2) is 5.82 Å². The number of carboxylic acid groups (broad SMARTS) is 1. The molecule has 0 amide bonds. The standard InChI is InChI=1S/C13H9ClF3N3O3.C2H6/c14-11-6(12(21)22)1-2-9(18-11)20-4-3-10(19-20)23-8-5-7(8)13(15,16)17;1-2/h1-4,7-8H,5H2,(H,21,22);1-2H3. The fraction of sp³-hybridized carbons (Fsp3) is 0.400. The third-order valence-corrected chi connectivity index (χ3v) is 3.58. The summed E-state index contributed by atoms with van der Waals surface area (Å²) in [6, 6.07) is 4.03. The lowest BCUT2D eigenvalue weighted by Gasteiger charge is -2.06. The molecule has 1 fully saturated rings. The number of carbonyl (C=O) groups is 1. The molecule has 1 saturated carbocycles. The van der Waals surface area contributed by atoms with E-state index in [-0.39, 0.29) is 28.8 Å². The van der Waals surface area contributed by atoms with Gasteiger partial charge in [-0.2, -0.15) is 13.2 Å². The summed E-state index contributed by atoms with van der Waals surface area (Å²) in [6.07, 6.45) is -3.86. The van der Waals surface area contributed by atoms with Crippen LogP contribution < -0.4 is 4.74 Å². The lowest BCUT2D eigenvalue weighted by molar-refractivity contribution is -0.153. The summed E-state index contributed by atoms with van der Waals surface area (Å²) in [5.74, 6) is -2.43. The van der Waals surface area contributed by atoms with E-state index in [2.05, 4.69) is 10.1 Å².